The third kappa shape index (κ3) is 6.07. The SMILES string of the molecule is Oc1cccc2c1oc1c(N(c3ccc(-c4ccccc4)cc3)c3ccc4ccc5c(N(c6ccc(-c7ccccc7)cc6)c6cccc7c6oc6c(O)cccc67)ccc6ccc3c4c65)cccc12. The minimum atomic E-state index is 0.104. The van der Waals surface area contributed by atoms with E-state index in [0.29, 0.717) is 22.3 Å². The van der Waals surface area contributed by atoms with Crippen LogP contribution in [0.4, 0.5) is 34.1 Å². The van der Waals surface area contributed by atoms with Crippen LogP contribution in [0.15, 0.2) is 239 Å². The number of hydrogen-bond acceptors (Lipinski definition) is 6. The Hall–Kier alpha value is -9.52. The van der Waals surface area contributed by atoms with Crippen molar-refractivity contribution in [3.05, 3.63) is 231 Å². The lowest BCUT2D eigenvalue weighted by molar-refractivity contribution is 0.468. The summed E-state index contributed by atoms with van der Waals surface area (Å²) in [5.41, 5.74) is 12.4. The Kier molecular flexibility index (Phi) is 8.79. The van der Waals surface area contributed by atoms with E-state index in [2.05, 4.69) is 192 Å². The summed E-state index contributed by atoms with van der Waals surface area (Å²) in [4.78, 5) is 4.59. The summed E-state index contributed by atoms with van der Waals surface area (Å²) in [5.74, 6) is 0.209. The number of hydrogen-bond donors (Lipinski definition) is 2. The second-order valence-electron chi connectivity index (χ2n) is 17.9. The maximum atomic E-state index is 11.0. The number of fused-ring (bicyclic) bond motifs is 6. The molecule has 14 rings (SSSR count). The number of furan rings is 2. The van der Waals surface area contributed by atoms with Gasteiger partial charge in [-0.15, -0.1) is 0 Å². The molecule has 2 aromatic heterocycles. The van der Waals surface area contributed by atoms with E-state index < -0.39 is 0 Å². The van der Waals surface area contributed by atoms with E-state index in [9.17, 15) is 10.2 Å². The van der Waals surface area contributed by atoms with Gasteiger partial charge in [-0.2, -0.15) is 0 Å². The molecule has 12 aromatic carbocycles. The Balaban J connectivity index is 1.01. The van der Waals surface area contributed by atoms with Crippen LogP contribution in [0, 0.1) is 0 Å². The molecule has 0 aliphatic rings. The topological polar surface area (TPSA) is 73.2 Å². The monoisotopic (exact) mass is 900 g/mol. The fourth-order valence-corrected chi connectivity index (χ4v) is 10.8. The average molecular weight is 901 g/mol. The summed E-state index contributed by atoms with van der Waals surface area (Å²) < 4.78 is 13.3. The largest absolute Gasteiger partial charge is 0.504 e. The first-order chi connectivity index (χ1) is 34.6. The summed E-state index contributed by atoms with van der Waals surface area (Å²) in [6, 6.07) is 79.6. The standard InChI is InChI=1S/C64H40N2O4/c67-57-21-9-17-49-47-15-7-19-55(61(47)69-63(49)57)65(45-31-23-41(24-32-45)39-11-3-1-4-12-39)53-37-29-43-28-36-52-54(38-30-44-27-35-51(53)59(43)60(44)52)66(46-33-25-42(26-34-46)40-13-5-2-6-14-40)56-20-8-16-48-50-18-10-22-58(68)64(50)70-62(48)56/h1-38,67-68H. The molecule has 0 saturated heterocycles. The number of phenolic OH excluding ortho intramolecular Hbond substituents is 2. The van der Waals surface area contributed by atoms with Gasteiger partial charge in [0.25, 0.3) is 0 Å². The Morgan fingerprint density at radius 1 is 0.257 bits per heavy atom. The zero-order valence-corrected chi connectivity index (χ0v) is 37.5. The summed E-state index contributed by atoms with van der Waals surface area (Å²) in [6.07, 6.45) is 0. The molecule has 2 heterocycles. The van der Waals surface area contributed by atoms with Crippen LogP contribution >= 0.6 is 0 Å². The first-order valence-electron chi connectivity index (χ1n) is 23.4. The quantitative estimate of drug-likeness (QED) is 0.148. The smallest absolute Gasteiger partial charge is 0.177 e. The number of rotatable bonds is 8. The lowest BCUT2D eigenvalue weighted by atomic mass is 9.91. The molecule has 0 amide bonds. The van der Waals surface area contributed by atoms with E-state index >= 15 is 0 Å². The van der Waals surface area contributed by atoms with E-state index in [-0.39, 0.29) is 11.5 Å². The predicted octanol–water partition coefficient (Wildman–Crippen LogP) is 18.1. The molecule has 2 N–H and O–H groups in total. The molecule has 0 unspecified atom stereocenters. The minimum absolute atomic E-state index is 0.104. The summed E-state index contributed by atoms with van der Waals surface area (Å²) >= 11 is 0. The zero-order valence-electron chi connectivity index (χ0n) is 37.5. The highest BCUT2D eigenvalue weighted by atomic mass is 16.4. The highest BCUT2D eigenvalue weighted by Gasteiger charge is 2.26. The highest BCUT2D eigenvalue weighted by molar-refractivity contribution is 6.29. The Morgan fingerprint density at radius 2 is 0.614 bits per heavy atom. The van der Waals surface area contributed by atoms with Gasteiger partial charge in [0, 0.05) is 43.7 Å². The van der Waals surface area contributed by atoms with Crippen molar-refractivity contribution in [3.63, 3.8) is 0 Å². The Morgan fingerprint density at radius 3 is 1.03 bits per heavy atom. The van der Waals surface area contributed by atoms with Crippen molar-refractivity contribution in [2.45, 2.75) is 0 Å². The lowest BCUT2D eigenvalue weighted by Crippen LogP contribution is -2.12. The van der Waals surface area contributed by atoms with Gasteiger partial charge in [0.05, 0.1) is 22.7 Å². The second-order valence-corrected chi connectivity index (χ2v) is 17.9. The molecule has 70 heavy (non-hydrogen) atoms. The van der Waals surface area contributed by atoms with Crippen LogP contribution in [0.25, 0.3) is 98.4 Å². The average Bonchev–Trinajstić information content (AvgIpc) is 4.01. The summed E-state index contributed by atoms with van der Waals surface area (Å²) in [6.45, 7) is 0. The third-order valence-electron chi connectivity index (χ3n) is 14.0. The van der Waals surface area contributed by atoms with Crippen LogP contribution in [0.1, 0.15) is 0 Å². The predicted molar refractivity (Wildman–Crippen MR) is 288 cm³/mol. The third-order valence-corrected chi connectivity index (χ3v) is 14.0. The maximum absolute atomic E-state index is 11.0. The number of phenols is 2. The van der Waals surface area contributed by atoms with E-state index in [1.807, 2.05) is 36.4 Å². The van der Waals surface area contributed by atoms with Gasteiger partial charge in [0.1, 0.15) is 0 Å². The van der Waals surface area contributed by atoms with Gasteiger partial charge < -0.3 is 28.8 Å². The van der Waals surface area contributed by atoms with Gasteiger partial charge in [0.15, 0.2) is 33.8 Å². The molecule has 0 atom stereocenters. The Labute approximate surface area is 401 Å². The number of benzene rings is 12. The van der Waals surface area contributed by atoms with Crippen molar-refractivity contribution in [2.75, 3.05) is 9.80 Å². The van der Waals surface area contributed by atoms with Crippen molar-refractivity contribution in [1.29, 1.82) is 0 Å². The van der Waals surface area contributed by atoms with E-state index in [1.54, 1.807) is 12.1 Å². The molecule has 0 bridgehead atoms. The molecule has 0 fully saturated rings. The van der Waals surface area contributed by atoms with Gasteiger partial charge in [-0.3, -0.25) is 0 Å². The van der Waals surface area contributed by atoms with Crippen LogP contribution in [0.3, 0.4) is 0 Å². The molecular formula is C64H40N2O4. The van der Waals surface area contributed by atoms with Crippen molar-refractivity contribution in [1.82, 2.24) is 0 Å². The van der Waals surface area contributed by atoms with E-state index in [1.165, 1.54) is 0 Å². The fourth-order valence-electron chi connectivity index (χ4n) is 10.8. The lowest BCUT2D eigenvalue weighted by Gasteiger charge is -2.29. The first kappa shape index (κ1) is 39.6. The zero-order chi connectivity index (χ0) is 46.5. The van der Waals surface area contributed by atoms with Crippen LogP contribution in [0.2, 0.25) is 0 Å². The molecule has 6 heteroatoms. The molecule has 0 aliphatic carbocycles. The molecule has 0 aliphatic heterocycles. The number of nitrogens with zero attached hydrogens (tertiary/aromatic N) is 2. The molecule has 0 radical (unpaired) electrons. The fraction of sp³-hybridized carbons (Fsp3) is 0. The van der Waals surface area contributed by atoms with Crippen molar-refractivity contribution < 1.29 is 19.0 Å². The highest BCUT2D eigenvalue weighted by Crippen LogP contribution is 2.51. The van der Waals surface area contributed by atoms with Crippen molar-refractivity contribution in [2.24, 2.45) is 0 Å². The normalized spacial score (nSPS) is 11.8. The molecule has 0 spiro atoms. The Bertz CT molecular complexity index is 4030. The van der Waals surface area contributed by atoms with Gasteiger partial charge in [-0.05, 0) is 104 Å². The van der Waals surface area contributed by atoms with Crippen LogP contribution in [-0.2, 0) is 0 Å². The molecule has 6 nitrogen and oxygen atoms in total. The molecular weight excluding hydrogens is 861 g/mol. The van der Waals surface area contributed by atoms with Crippen LogP contribution in [-0.4, -0.2) is 10.2 Å². The van der Waals surface area contributed by atoms with Gasteiger partial charge in [-0.25, -0.2) is 0 Å². The summed E-state index contributed by atoms with van der Waals surface area (Å²) in [5, 5.41) is 32.2. The summed E-state index contributed by atoms with van der Waals surface area (Å²) in [7, 11) is 0. The van der Waals surface area contributed by atoms with E-state index in [0.717, 1.165) is 110 Å². The van der Waals surface area contributed by atoms with Crippen molar-refractivity contribution in [3.8, 4) is 33.8 Å². The van der Waals surface area contributed by atoms with Gasteiger partial charge >= 0.3 is 0 Å². The first-order valence-corrected chi connectivity index (χ1v) is 23.4. The maximum Gasteiger partial charge on any atom is 0.177 e. The van der Waals surface area contributed by atoms with E-state index in [4.69, 9.17) is 8.83 Å². The number of para-hydroxylation sites is 4. The molecule has 0 saturated carbocycles. The second kappa shape index (κ2) is 15.5. The van der Waals surface area contributed by atoms with Gasteiger partial charge in [0.2, 0.25) is 0 Å². The molecule has 330 valence electrons. The van der Waals surface area contributed by atoms with Crippen molar-refractivity contribution >= 4 is 110 Å². The molecule has 14 aromatic rings. The minimum Gasteiger partial charge on any atom is -0.504 e. The number of anilines is 6. The van der Waals surface area contributed by atoms with Gasteiger partial charge in [-0.1, -0.05) is 170 Å². The van der Waals surface area contributed by atoms with Crippen LogP contribution < -0.4 is 9.80 Å². The van der Waals surface area contributed by atoms with Crippen LogP contribution in [0.5, 0.6) is 11.5 Å². The number of aromatic hydroxyl groups is 2.